The van der Waals surface area contributed by atoms with E-state index >= 15 is 0 Å². The fourth-order valence-electron chi connectivity index (χ4n) is 3.60. The van der Waals surface area contributed by atoms with Gasteiger partial charge < -0.3 is 9.73 Å². The fraction of sp³-hybridized carbons (Fsp3) is 0.348. The molecule has 7 nitrogen and oxygen atoms in total. The molecule has 1 fully saturated rings. The number of carbonyl (C=O) groups is 1. The lowest BCUT2D eigenvalue weighted by molar-refractivity contribution is -0.113. The molecule has 0 radical (unpaired) electrons. The predicted octanol–water partition coefficient (Wildman–Crippen LogP) is 4.31. The maximum Gasteiger partial charge on any atom is 0.234 e. The molecule has 168 valence electrons. The topological polar surface area (TPSA) is 76.2 Å². The molecule has 1 N–H and O–H groups in total. The van der Waals surface area contributed by atoms with Crippen molar-refractivity contribution in [1.29, 1.82) is 0 Å². The van der Waals surface area contributed by atoms with E-state index in [4.69, 9.17) is 4.42 Å². The molecule has 2 aromatic heterocycles. The lowest BCUT2D eigenvalue weighted by Crippen LogP contribution is -2.31. The SMILES string of the molecule is C=CCn1c(SCC(=O)Nc2cccc(CN3CCSCC3)c2)nnc1-c1ccoc1C. The van der Waals surface area contributed by atoms with Crippen LogP contribution < -0.4 is 5.32 Å². The summed E-state index contributed by atoms with van der Waals surface area (Å²) in [6, 6.07) is 9.97. The number of hydrogen-bond acceptors (Lipinski definition) is 7. The highest BCUT2D eigenvalue weighted by Crippen LogP contribution is 2.27. The zero-order chi connectivity index (χ0) is 22.3. The quantitative estimate of drug-likeness (QED) is 0.370. The van der Waals surface area contributed by atoms with Crippen LogP contribution in [0.4, 0.5) is 5.69 Å². The Labute approximate surface area is 196 Å². The van der Waals surface area contributed by atoms with Gasteiger partial charge in [-0.2, -0.15) is 11.8 Å². The number of aryl methyl sites for hydroxylation is 1. The van der Waals surface area contributed by atoms with Crippen molar-refractivity contribution in [3.8, 4) is 11.4 Å². The van der Waals surface area contributed by atoms with Crippen LogP contribution in [0.5, 0.6) is 0 Å². The molecule has 0 saturated carbocycles. The van der Waals surface area contributed by atoms with Gasteiger partial charge in [0.1, 0.15) is 5.76 Å². The second kappa shape index (κ2) is 10.9. The van der Waals surface area contributed by atoms with Crippen molar-refractivity contribution in [2.24, 2.45) is 0 Å². The Balaban J connectivity index is 1.37. The molecule has 1 aliphatic heterocycles. The molecule has 0 aliphatic carbocycles. The van der Waals surface area contributed by atoms with Crippen LogP contribution in [0.2, 0.25) is 0 Å². The Morgan fingerprint density at radius 3 is 2.91 bits per heavy atom. The van der Waals surface area contributed by atoms with Gasteiger partial charge >= 0.3 is 0 Å². The van der Waals surface area contributed by atoms with Gasteiger partial charge in [0.2, 0.25) is 5.91 Å². The number of allylic oxidation sites excluding steroid dienone is 1. The molecule has 0 bridgehead atoms. The van der Waals surface area contributed by atoms with Crippen molar-refractivity contribution >= 4 is 35.1 Å². The van der Waals surface area contributed by atoms with E-state index in [2.05, 4.69) is 39.1 Å². The van der Waals surface area contributed by atoms with Crippen LogP contribution in [0.1, 0.15) is 11.3 Å². The molecule has 0 atom stereocenters. The molecule has 0 unspecified atom stereocenters. The van der Waals surface area contributed by atoms with E-state index in [1.54, 1.807) is 12.3 Å². The van der Waals surface area contributed by atoms with Crippen LogP contribution in [-0.2, 0) is 17.9 Å². The first-order valence-electron chi connectivity index (χ1n) is 10.5. The van der Waals surface area contributed by atoms with E-state index in [1.807, 2.05) is 41.5 Å². The molecule has 9 heteroatoms. The zero-order valence-corrected chi connectivity index (χ0v) is 19.8. The van der Waals surface area contributed by atoms with Gasteiger partial charge in [0.05, 0.1) is 17.6 Å². The summed E-state index contributed by atoms with van der Waals surface area (Å²) in [5, 5.41) is 12.3. The standard InChI is InChI=1S/C23H27N5O2S2/c1-3-8-28-22(20-7-11-30-17(20)2)25-26-23(28)32-16-21(29)24-19-6-4-5-18(14-19)15-27-9-12-31-13-10-27/h3-7,11,14H,1,8-10,12-13,15-16H2,2H3,(H,24,29). The number of carbonyl (C=O) groups excluding carboxylic acids is 1. The average Bonchev–Trinajstić information content (AvgIpc) is 3.39. The highest BCUT2D eigenvalue weighted by atomic mass is 32.2. The van der Waals surface area contributed by atoms with Gasteiger partial charge in [-0.05, 0) is 30.7 Å². The minimum atomic E-state index is -0.0734. The van der Waals surface area contributed by atoms with Crippen LogP contribution in [0.3, 0.4) is 0 Å². The molecule has 3 heterocycles. The first-order valence-corrected chi connectivity index (χ1v) is 12.7. The number of amides is 1. The Morgan fingerprint density at radius 2 is 2.16 bits per heavy atom. The minimum absolute atomic E-state index is 0.0734. The smallest absolute Gasteiger partial charge is 0.234 e. The van der Waals surface area contributed by atoms with E-state index in [0.717, 1.165) is 36.6 Å². The molecule has 0 spiro atoms. The van der Waals surface area contributed by atoms with Gasteiger partial charge in [0.25, 0.3) is 0 Å². The van der Waals surface area contributed by atoms with E-state index < -0.39 is 0 Å². The lowest BCUT2D eigenvalue weighted by Gasteiger charge is -2.26. The number of nitrogens with zero attached hydrogens (tertiary/aromatic N) is 4. The van der Waals surface area contributed by atoms with E-state index in [0.29, 0.717) is 17.5 Å². The molecular weight excluding hydrogens is 442 g/mol. The third-order valence-corrected chi connectivity index (χ3v) is 7.09. The predicted molar refractivity (Wildman–Crippen MR) is 131 cm³/mol. The zero-order valence-electron chi connectivity index (χ0n) is 18.1. The second-order valence-electron chi connectivity index (χ2n) is 7.52. The third kappa shape index (κ3) is 5.65. The number of aromatic nitrogens is 3. The number of rotatable bonds is 9. The molecule has 32 heavy (non-hydrogen) atoms. The number of thioether (sulfide) groups is 2. The number of hydrogen-bond donors (Lipinski definition) is 1. The van der Waals surface area contributed by atoms with Gasteiger partial charge in [0, 0.05) is 43.4 Å². The van der Waals surface area contributed by atoms with Crippen molar-refractivity contribution in [2.75, 3.05) is 35.7 Å². The van der Waals surface area contributed by atoms with Gasteiger partial charge in [-0.3, -0.25) is 14.3 Å². The van der Waals surface area contributed by atoms with Crippen LogP contribution in [0.15, 0.2) is 58.8 Å². The summed E-state index contributed by atoms with van der Waals surface area (Å²) in [6.07, 6.45) is 3.43. The van der Waals surface area contributed by atoms with Crippen LogP contribution in [0.25, 0.3) is 11.4 Å². The first-order chi connectivity index (χ1) is 15.6. The molecule has 4 rings (SSSR count). The largest absolute Gasteiger partial charge is 0.469 e. The maximum atomic E-state index is 12.6. The van der Waals surface area contributed by atoms with Crippen molar-refractivity contribution in [1.82, 2.24) is 19.7 Å². The van der Waals surface area contributed by atoms with Crippen molar-refractivity contribution in [3.05, 3.63) is 60.6 Å². The molecule has 1 aromatic carbocycles. The van der Waals surface area contributed by atoms with E-state index in [-0.39, 0.29) is 11.7 Å². The normalized spacial score (nSPS) is 14.4. The summed E-state index contributed by atoms with van der Waals surface area (Å²) in [5.41, 5.74) is 2.93. The van der Waals surface area contributed by atoms with Crippen LogP contribution in [-0.4, -0.2) is 55.9 Å². The Morgan fingerprint density at radius 1 is 1.31 bits per heavy atom. The van der Waals surface area contributed by atoms with Gasteiger partial charge in [-0.25, -0.2) is 0 Å². The lowest BCUT2D eigenvalue weighted by atomic mass is 10.2. The summed E-state index contributed by atoms with van der Waals surface area (Å²) in [5.74, 6) is 4.03. The van der Waals surface area contributed by atoms with Gasteiger partial charge in [0.15, 0.2) is 11.0 Å². The number of nitrogens with one attached hydrogen (secondary N) is 1. The number of furan rings is 1. The Hall–Kier alpha value is -2.49. The number of anilines is 1. The maximum absolute atomic E-state index is 12.6. The van der Waals surface area contributed by atoms with Gasteiger partial charge in [-0.15, -0.1) is 16.8 Å². The molecule has 1 saturated heterocycles. The van der Waals surface area contributed by atoms with E-state index in [1.165, 1.54) is 28.8 Å². The fourth-order valence-corrected chi connectivity index (χ4v) is 5.32. The molecule has 1 amide bonds. The summed E-state index contributed by atoms with van der Waals surface area (Å²) >= 11 is 3.37. The summed E-state index contributed by atoms with van der Waals surface area (Å²) in [6.45, 7) is 9.41. The monoisotopic (exact) mass is 469 g/mol. The summed E-state index contributed by atoms with van der Waals surface area (Å²) in [7, 11) is 0. The first kappa shape index (κ1) is 22.7. The highest BCUT2D eigenvalue weighted by molar-refractivity contribution is 7.99. The van der Waals surface area contributed by atoms with Crippen molar-refractivity contribution in [3.63, 3.8) is 0 Å². The summed E-state index contributed by atoms with van der Waals surface area (Å²) < 4.78 is 7.35. The average molecular weight is 470 g/mol. The minimum Gasteiger partial charge on any atom is -0.469 e. The second-order valence-corrected chi connectivity index (χ2v) is 9.69. The molecule has 3 aromatic rings. The van der Waals surface area contributed by atoms with Crippen LogP contribution in [0, 0.1) is 6.92 Å². The molecular formula is C23H27N5O2S2. The third-order valence-electron chi connectivity index (χ3n) is 5.18. The highest BCUT2D eigenvalue weighted by Gasteiger charge is 2.18. The van der Waals surface area contributed by atoms with E-state index in [9.17, 15) is 4.79 Å². The number of benzene rings is 1. The van der Waals surface area contributed by atoms with Gasteiger partial charge in [-0.1, -0.05) is 30.0 Å². The van der Waals surface area contributed by atoms with Crippen molar-refractivity contribution < 1.29 is 9.21 Å². The Bertz CT molecular complexity index is 1070. The summed E-state index contributed by atoms with van der Waals surface area (Å²) in [4.78, 5) is 15.1. The Kier molecular flexibility index (Phi) is 7.72. The molecule has 1 aliphatic rings. The van der Waals surface area contributed by atoms with Crippen LogP contribution >= 0.6 is 23.5 Å². The van der Waals surface area contributed by atoms with Crippen molar-refractivity contribution in [2.45, 2.75) is 25.2 Å².